The average molecular weight is 484 g/mol. The van der Waals surface area contributed by atoms with Gasteiger partial charge in [-0.1, -0.05) is 29.8 Å². The fraction of sp³-hybridized carbons (Fsp3) is 0.417. The number of halogens is 1. The molecule has 2 saturated heterocycles. The molecule has 2 aromatic rings. The topological polar surface area (TPSA) is 104 Å². The molecule has 3 fully saturated rings. The number of carbonyl (C=O) groups is 2. The van der Waals surface area contributed by atoms with Crippen LogP contribution in [0.1, 0.15) is 36.4 Å². The van der Waals surface area contributed by atoms with Crippen molar-refractivity contribution < 1.29 is 19.1 Å². The van der Waals surface area contributed by atoms with Crippen LogP contribution < -0.4 is 31.1 Å². The van der Waals surface area contributed by atoms with Crippen LogP contribution in [0.2, 0.25) is 5.02 Å². The molecule has 5 unspecified atom stereocenters. The second-order valence-corrected chi connectivity index (χ2v) is 9.67. The second-order valence-electron chi connectivity index (χ2n) is 9.24. The zero-order valence-corrected chi connectivity index (χ0v) is 19.2. The minimum atomic E-state index is -0.245. The lowest BCUT2D eigenvalue weighted by Crippen LogP contribution is -2.65. The van der Waals surface area contributed by atoms with Gasteiger partial charge in [0, 0.05) is 23.5 Å². The first-order chi connectivity index (χ1) is 16.6. The Hall–Kier alpha value is -2.85. The van der Waals surface area contributed by atoms with Crippen LogP contribution in [0.15, 0.2) is 42.5 Å². The maximum absolute atomic E-state index is 13.0. The molecule has 178 valence electrons. The van der Waals surface area contributed by atoms with E-state index in [0.717, 1.165) is 16.9 Å². The first kappa shape index (κ1) is 21.7. The normalized spacial score (nSPS) is 29.8. The van der Waals surface area contributed by atoms with E-state index in [1.54, 1.807) is 0 Å². The third-order valence-electron chi connectivity index (χ3n) is 7.27. The van der Waals surface area contributed by atoms with Crippen molar-refractivity contribution in [2.45, 2.75) is 44.1 Å². The Balaban J connectivity index is 1.12. The SMILES string of the molecule is O=C(NCc1ccc2c(c1)OCO2)C1CCC2C(=O)NC3C(c4ccc(Cl)cc4)NNN3C2C1. The summed E-state index contributed by atoms with van der Waals surface area (Å²) in [5.74, 6) is 1.19. The summed E-state index contributed by atoms with van der Waals surface area (Å²) in [6.07, 6.45) is 1.73. The predicted molar refractivity (Wildman–Crippen MR) is 123 cm³/mol. The molecule has 0 spiro atoms. The van der Waals surface area contributed by atoms with Crippen molar-refractivity contribution >= 4 is 23.4 Å². The van der Waals surface area contributed by atoms with Gasteiger partial charge in [-0.2, -0.15) is 5.53 Å². The third kappa shape index (κ3) is 3.88. The Morgan fingerprint density at radius 3 is 2.79 bits per heavy atom. The van der Waals surface area contributed by atoms with Gasteiger partial charge in [0.2, 0.25) is 18.6 Å². The molecule has 0 aromatic heterocycles. The van der Waals surface area contributed by atoms with Gasteiger partial charge < -0.3 is 20.1 Å². The van der Waals surface area contributed by atoms with E-state index in [4.69, 9.17) is 21.1 Å². The number of fused-ring (bicyclic) bond motifs is 4. The highest BCUT2D eigenvalue weighted by molar-refractivity contribution is 6.30. The van der Waals surface area contributed by atoms with E-state index in [0.29, 0.717) is 36.6 Å². The zero-order chi connectivity index (χ0) is 23.2. The number of carbonyl (C=O) groups excluding carboxylic acids is 2. The summed E-state index contributed by atoms with van der Waals surface area (Å²) >= 11 is 6.04. The number of hydrogen-bond donors (Lipinski definition) is 4. The van der Waals surface area contributed by atoms with Crippen molar-refractivity contribution in [2.75, 3.05) is 6.79 Å². The summed E-state index contributed by atoms with van der Waals surface area (Å²) in [4.78, 5) is 26.0. The average Bonchev–Trinajstić information content (AvgIpc) is 3.49. The third-order valence-corrected chi connectivity index (χ3v) is 7.52. The van der Waals surface area contributed by atoms with E-state index in [9.17, 15) is 9.59 Å². The van der Waals surface area contributed by atoms with Crippen molar-refractivity contribution in [3.05, 3.63) is 58.6 Å². The predicted octanol–water partition coefficient (Wildman–Crippen LogP) is 1.99. The van der Waals surface area contributed by atoms with Gasteiger partial charge in [0.25, 0.3) is 0 Å². The van der Waals surface area contributed by atoms with E-state index in [1.807, 2.05) is 42.5 Å². The molecule has 6 rings (SSSR count). The molecule has 2 amide bonds. The molecule has 0 radical (unpaired) electrons. The van der Waals surface area contributed by atoms with Crippen LogP contribution in [-0.4, -0.2) is 35.8 Å². The van der Waals surface area contributed by atoms with Gasteiger partial charge in [-0.05, 0) is 54.7 Å². The molecule has 3 heterocycles. The van der Waals surface area contributed by atoms with Crippen LogP contribution in [0.4, 0.5) is 0 Å². The Kier molecular flexibility index (Phi) is 5.57. The number of amides is 2. The molecular formula is C24H26ClN5O4. The van der Waals surface area contributed by atoms with Crippen LogP contribution in [-0.2, 0) is 16.1 Å². The molecule has 2 aromatic carbocycles. The van der Waals surface area contributed by atoms with Crippen molar-refractivity contribution in [1.82, 2.24) is 26.6 Å². The van der Waals surface area contributed by atoms with Crippen molar-refractivity contribution in [3.63, 3.8) is 0 Å². The Labute approximate surface area is 202 Å². The highest BCUT2D eigenvalue weighted by Crippen LogP contribution is 2.39. The Bertz CT molecular complexity index is 1110. The molecule has 3 aliphatic heterocycles. The first-order valence-corrected chi connectivity index (χ1v) is 12.0. The van der Waals surface area contributed by atoms with Gasteiger partial charge in [-0.3, -0.25) is 9.59 Å². The number of hydrogen-bond acceptors (Lipinski definition) is 7. The van der Waals surface area contributed by atoms with E-state index in [-0.39, 0.29) is 48.7 Å². The number of nitrogens with one attached hydrogen (secondary N) is 4. The van der Waals surface area contributed by atoms with Gasteiger partial charge in [0.05, 0.1) is 12.0 Å². The number of rotatable bonds is 4. The van der Waals surface area contributed by atoms with Gasteiger partial charge in [-0.25, -0.2) is 10.4 Å². The van der Waals surface area contributed by atoms with Gasteiger partial charge >= 0.3 is 0 Å². The molecule has 5 atom stereocenters. The molecule has 4 N–H and O–H groups in total. The van der Waals surface area contributed by atoms with E-state index in [2.05, 4.69) is 26.6 Å². The number of benzene rings is 2. The smallest absolute Gasteiger partial charge is 0.231 e. The van der Waals surface area contributed by atoms with Crippen molar-refractivity contribution in [1.29, 1.82) is 0 Å². The van der Waals surface area contributed by atoms with E-state index >= 15 is 0 Å². The van der Waals surface area contributed by atoms with Crippen LogP contribution in [0, 0.1) is 11.8 Å². The number of hydrazine groups is 2. The maximum Gasteiger partial charge on any atom is 0.231 e. The standard InChI is InChI=1S/C24H26ClN5O4/c25-16-5-2-14(3-6-16)21-22-27-24(32)17-7-4-15(10-18(17)30(22)29-28-21)23(31)26-11-13-1-8-19-20(9-13)34-12-33-19/h1-3,5-6,8-9,15,17-18,21-22,28-29H,4,7,10-12H2,(H,26,31)(H,27,32). The summed E-state index contributed by atoms with van der Waals surface area (Å²) in [5.41, 5.74) is 8.54. The Morgan fingerprint density at radius 1 is 1.12 bits per heavy atom. The molecular weight excluding hydrogens is 458 g/mol. The Morgan fingerprint density at radius 2 is 1.94 bits per heavy atom. The lowest BCUT2D eigenvalue weighted by molar-refractivity contribution is -0.143. The minimum Gasteiger partial charge on any atom is -0.454 e. The fourth-order valence-corrected chi connectivity index (χ4v) is 5.59. The zero-order valence-electron chi connectivity index (χ0n) is 18.4. The molecule has 10 heteroatoms. The van der Waals surface area contributed by atoms with Gasteiger partial charge in [0.1, 0.15) is 6.17 Å². The highest BCUT2D eigenvalue weighted by Gasteiger charge is 2.51. The van der Waals surface area contributed by atoms with Crippen molar-refractivity contribution in [3.8, 4) is 11.5 Å². The molecule has 34 heavy (non-hydrogen) atoms. The van der Waals surface area contributed by atoms with E-state index in [1.165, 1.54) is 0 Å². The molecule has 1 saturated carbocycles. The quantitative estimate of drug-likeness (QED) is 0.527. The van der Waals surface area contributed by atoms with Crippen LogP contribution in [0.25, 0.3) is 0 Å². The van der Waals surface area contributed by atoms with Gasteiger partial charge in [0.15, 0.2) is 11.5 Å². The fourth-order valence-electron chi connectivity index (χ4n) is 5.47. The maximum atomic E-state index is 13.0. The van der Waals surface area contributed by atoms with Gasteiger partial charge in [-0.15, -0.1) is 0 Å². The summed E-state index contributed by atoms with van der Waals surface area (Å²) < 4.78 is 10.8. The second kappa shape index (κ2) is 8.74. The van der Waals surface area contributed by atoms with Crippen molar-refractivity contribution in [2.24, 2.45) is 11.8 Å². The first-order valence-electron chi connectivity index (χ1n) is 11.6. The summed E-state index contributed by atoms with van der Waals surface area (Å²) in [6, 6.07) is 13.1. The number of ether oxygens (including phenoxy) is 2. The molecule has 4 aliphatic rings. The summed E-state index contributed by atoms with van der Waals surface area (Å²) in [7, 11) is 0. The lowest BCUT2D eigenvalue weighted by Gasteiger charge is -2.46. The van der Waals surface area contributed by atoms with Crippen LogP contribution in [0.5, 0.6) is 11.5 Å². The number of nitrogens with zero attached hydrogens (tertiary/aromatic N) is 1. The largest absolute Gasteiger partial charge is 0.454 e. The summed E-state index contributed by atoms with van der Waals surface area (Å²) in [6.45, 7) is 0.647. The summed E-state index contributed by atoms with van der Waals surface area (Å²) in [5, 5.41) is 8.96. The molecule has 0 bridgehead atoms. The molecule has 1 aliphatic carbocycles. The van der Waals surface area contributed by atoms with Crippen LogP contribution in [0.3, 0.4) is 0 Å². The van der Waals surface area contributed by atoms with Crippen LogP contribution >= 0.6 is 11.6 Å². The monoisotopic (exact) mass is 483 g/mol. The minimum absolute atomic E-state index is 0.0139. The lowest BCUT2D eigenvalue weighted by atomic mass is 9.75. The highest BCUT2D eigenvalue weighted by atomic mass is 35.5. The van der Waals surface area contributed by atoms with E-state index < -0.39 is 0 Å². The molecule has 9 nitrogen and oxygen atoms in total.